The zero-order chi connectivity index (χ0) is 15.5. The van der Waals surface area contributed by atoms with Crippen LogP contribution in [-0.2, 0) is 6.42 Å². The average Bonchev–Trinajstić information content (AvgIpc) is 3.03. The van der Waals surface area contributed by atoms with Gasteiger partial charge in [0.15, 0.2) is 0 Å². The van der Waals surface area contributed by atoms with E-state index in [1.54, 1.807) is 12.4 Å². The predicted molar refractivity (Wildman–Crippen MR) is 87.7 cm³/mol. The fraction of sp³-hybridized carbons (Fsp3) is 0.611. The highest BCUT2D eigenvalue weighted by Gasteiger charge is 2.30. The number of aromatic nitrogens is 3. The summed E-state index contributed by atoms with van der Waals surface area (Å²) in [6, 6.07) is 3.84. The monoisotopic (exact) mass is 312 g/mol. The van der Waals surface area contributed by atoms with Crippen molar-refractivity contribution in [2.24, 2.45) is 11.8 Å². The lowest BCUT2D eigenvalue weighted by Crippen LogP contribution is -2.49. The molecule has 1 aliphatic heterocycles. The smallest absolute Gasteiger partial charge is 0.227 e. The van der Waals surface area contributed by atoms with Crippen molar-refractivity contribution in [2.45, 2.75) is 38.5 Å². The average molecular weight is 312 g/mol. The van der Waals surface area contributed by atoms with Crippen LogP contribution in [0.25, 0.3) is 11.4 Å². The molecule has 2 aromatic rings. The fourth-order valence-corrected chi connectivity index (χ4v) is 3.89. The first-order valence-corrected chi connectivity index (χ1v) is 8.82. The Balaban J connectivity index is 1.25. The number of likely N-dealkylation sites (tertiary alicyclic amines) is 1. The highest BCUT2D eigenvalue weighted by Crippen LogP contribution is 2.28. The van der Waals surface area contributed by atoms with Gasteiger partial charge < -0.3 is 9.42 Å². The Morgan fingerprint density at radius 1 is 1.13 bits per heavy atom. The molecule has 2 aliphatic rings. The third kappa shape index (κ3) is 3.61. The minimum absolute atomic E-state index is 0.645. The number of pyridine rings is 1. The summed E-state index contributed by atoms with van der Waals surface area (Å²) < 4.78 is 5.40. The van der Waals surface area contributed by atoms with E-state index in [0.29, 0.717) is 11.7 Å². The van der Waals surface area contributed by atoms with Gasteiger partial charge in [-0.05, 0) is 36.8 Å². The van der Waals surface area contributed by atoms with Crippen molar-refractivity contribution in [3.05, 3.63) is 30.4 Å². The van der Waals surface area contributed by atoms with E-state index in [9.17, 15) is 0 Å². The summed E-state index contributed by atoms with van der Waals surface area (Å²) in [5.41, 5.74) is 0.912. The zero-order valence-electron chi connectivity index (χ0n) is 13.5. The van der Waals surface area contributed by atoms with E-state index >= 15 is 0 Å². The zero-order valence-corrected chi connectivity index (χ0v) is 13.5. The predicted octanol–water partition coefficient (Wildman–Crippen LogP) is 3.19. The minimum Gasteiger partial charge on any atom is -0.339 e. The Hall–Kier alpha value is -1.75. The molecule has 5 heteroatoms. The lowest BCUT2D eigenvalue weighted by Gasteiger charge is -2.41. The molecule has 0 atom stereocenters. The normalized spacial score (nSPS) is 20.5. The summed E-state index contributed by atoms with van der Waals surface area (Å²) in [5.74, 6) is 3.00. The maximum absolute atomic E-state index is 5.40. The van der Waals surface area contributed by atoms with Crippen molar-refractivity contribution < 1.29 is 4.52 Å². The second-order valence-corrected chi connectivity index (χ2v) is 7.05. The van der Waals surface area contributed by atoms with Crippen LogP contribution in [0.5, 0.6) is 0 Å². The molecule has 3 heterocycles. The molecule has 23 heavy (non-hydrogen) atoms. The molecule has 0 radical (unpaired) electrons. The lowest BCUT2D eigenvalue weighted by atomic mass is 9.87. The van der Waals surface area contributed by atoms with Gasteiger partial charge in [-0.1, -0.05) is 24.4 Å². The topological polar surface area (TPSA) is 55.1 Å². The van der Waals surface area contributed by atoms with Crippen LogP contribution in [0.3, 0.4) is 0 Å². The Labute approximate surface area is 137 Å². The molecule has 1 saturated heterocycles. The standard InChI is InChI=1S/C18H24N4O/c1-2-5-14(6-3-1)11-22-12-15(13-22)9-17-20-18(21-23-17)16-7-4-8-19-10-16/h4,7-8,10,14-15H,1-3,5-6,9,11-13H2. The third-order valence-corrected chi connectivity index (χ3v) is 5.13. The van der Waals surface area contributed by atoms with Gasteiger partial charge in [0, 0.05) is 44.0 Å². The highest BCUT2D eigenvalue weighted by atomic mass is 16.5. The summed E-state index contributed by atoms with van der Waals surface area (Å²) in [7, 11) is 0. The Bertz CT molecular complexity index is 615. The van der Waals surface area contributed by atoms with Gasteiger partial charge in [-0.15, -0.1) is 0 Å². The molecule has 0 bridgehead atoms. The van der Waals surface area contributed by atoms with E-state index in [2.05, 4.69) is 20.0 Å². The van der Waals surface area contributed by atoms with Crippen molar-refractivity contribution in [1.29, 1.82) is 0 Å². The molecule has 0 N–H and O–H groups in total. The second kappa shape index (κ2) is 6.79. The molecule has 0 spiro atoms. The summed E-state index contributed by atoms with van der Waals surface area (Å²) in [6.45, 7) is 3.66. The number of hydrogen-bond acceptors (Lipinski definition) is 5. The Morgan fingerprint density at radius 3 is 2.78 bits per heavy atom. The second-order valence-electron chi connectivity index (χ2n) is 7.05. The van der Waals surface area contributed by atoms with Gasteiger partial charge in [-0.25, -0.2) is 0 Å². The van der Waals surface area contributed by atoms with E-state index in [1.807, 2.05) is 12.1 Å². The van der Waals surface area contributed by atoms with Crippen LogP contribution in [0.4, 0.5) is 0 Å². The van der Waals surface area contributed by atoms with Gasteiger partial charge in [0.05, 0.1) is 0 Å². The van der Waals surface area contributed by atoms with Crippen molar-refractivity contribution >= 4 is 0 Å². The summed E-state index contributed by atoms with van der Waals surface area (Å²) in [4.78, 5) is 11.2. The fourth-order valence-electron chi connectivity index (χ4n) is 3.89. The van der Waals surface area contributed by atoms with E-state index in [-0.39, 0.29) is 0 Å². The number of rotatable bonds is 5. The first-order chi connectivity index (χ1) is 11.4. The van der Waals surface area contributed by atoms with Crippen LogP contribution in [0.1, 0.15) is 38.0 Å². The van der Waals surface area contributed by atoms with E-state index in [0.717, 1.165) is 23.8 Å². The van der Waals surface area contributed by atoms with Crippen LogP contribution in [0.15, 0.2) is 29.0 Å². The number of nitrogens with zero attached hydrogens (tertiary/aromatic N) is 4. The maximum atomic E-state index is 5.40. The SMILES string of the molecule is c1cncc(-c2noc(CC3CN(CC4CCCCC4)C3)n2)c1. The third-order valence-electron chi connectivity index (χ3n) is 5.13. The van der Waals surface area contributed by atoms with Gasteiger partial charge in [0.25, 0.3) is 0 Å². The number of hydrogen-bond donors (Lipinski definition) is 0. The van der Waals surface area contributed by atoms with Crippen LogP contribution in [-0.4, -0.2) is 39.7 Å². The molecule has 4 rings (SSSR count). The van der Waals surface area contributed by atoms with Crippen LogP contribution >= 0.6 is 0 Å². The molecular weight excluding hydrogens is 288 g/mol. The molecule has 0 aromatic carbocycles. The van der Waals surface area contributed by atoms with Crippen LogP contribution < -0.4 is 0 Å². The van der Waals surface area contributed by atoms with Crippen molar-refractivity contribution in [3.8, 4) is 11.4 Å². The molecule has 1 aliphatic carbocycles. The quantitative estimate of drug-likeness (QED) is 0.848. The van der Waals surface area contributed by atoms with E-state index in [1.165, 1.54) is 51.7 Å². The van der Waals surface area contributed by atoms with Gasteiger partial charge in [-0.2, -0.15) is 4.98 Å². The minimum atomic E-state index is 0.645. The van der Waals surface area contributed by atoms with Crippen molar-refractivity contribution in [3.63, 3.8) is 0 Å². The van der Waals surface area contributed by atoms with Gasteiger partial charge >= 0.3 is 0 Å². The van der Waals surface area contributed by atoms with Crippen molar-refractivity contribution in [2.75, 3.05) is 19.6 Å². The van der Waals surface area contributed by atoms with Crippen molar-refractivity contribution in [1.82, 2.24) is 20.0 Å². The summed E-state index contributed by atoms with van der Waals surface area (Å²) >= 11 is 0. The summed E-state index contributed by atoms with van der Waals surface area (Å²) in [6.07, 6.45) is 11.6. The molecule has 5 nitrogen and oxygen atoms in total. The molecule has 2 aromatic heterocycles. The first-order valence-electron chi connectivity index (χ1n) is 8.82. The van der Waals surface area contributed by atoms with Gasteiger partial charge in [0.1, 0.15) is 0 Å². The Kier molecular flexibility index (Phi) is 4.37. The van der Waals surface area contributed by atoms with Crippen LogP contribution in [0.2, 0.25) is 0 Å². The molecule has 2 fully saturated rings. The molecule has 0 amide bonds. The van der Waals surface area contributed by atoms with E-state index in [4.69, 9.17) is 4.52 Å². The summed E-state index contributed by atoms with van der Waals surface area (Å²) in [5, 5.41) is 4.07. The first kappa shape index (κ1) is 14.8. The molecule has 1 saturated carbocycles. The molecule has 0 unspecified atom stereocenters. The molecule has 122 valence electrons. The lowest BCUT2D eigenvalue weighted by molar-refractivity contribution is 0.0687. The van der Waals surface area contributed by atoms with Crippen LogP contribution in [0, 0.1) is 11.8 Å². The maximum Gasteiger partial charge on any atom is 0.227 e. The van der Waals surface area contributed by atoms with Gasteiger partial charge in [-0.3, -0.25) is 4.98 Å². The molecular formula is C18H24N4O. The van der Waals surface area contributed by atoms with Gasteiger partial charge in [0.2, 0.25) is 11.7 Å². The largest absolute Gasteiger partial charge is 0.339 e. The van der Waals surface area contributed by atoms with E-state index < -0.39 is 0 Å². The highest BCUT2D eigenvalue weighted by molar-refractivity contribution is 5.51. The Morgan fingerprint density at radius 2 is 2.00 bits per heavy atom.